The van der Waals surface area contributed by atoms with E-state index in [0.717, 1.165) is 35.0 Å². The van der Waals surface area contributed by atoms with Crippen molar-refractivity contribution in [2.45, 2.75) is 44.6 Å². The highest BCUT2D eigenvalue weighted by atomic mass is 16.5. The SMILES string of the molecule is NC(=O)c1ccc2c(C3CCCCC3)c(-c3ccccc3)n(CC(=O)N3CCOCC3)c2c1. The number of hydrogen-bond acceptors (Lipinski definition) is 3. The number of nitrogens with zero attached hydrogens (tertiary/aromatic N) is 2. The minimum absolute atomic E-state index is 0.0760. The van der Waals surface area contributed by atoms with Gasteiger partial charge in [-0.15, -0.1) is 0 Å². The van der Waals surface area contributed by atoms with Crippen molar-refractivity contribution in [2.75, 3.05) is 26.3 Å². The lowest BCUT2D eigenvalue weighted by Gasteiger charge is -2.28. The van der Waals surface area contributed by atoms with Crippen LogP contribution in [0.1, 0.15) is 53.9 Å². The van der Waals surface area contributed by atoms with Crippen LogP contribution in [0.3, 0.4) is 0 Å². The fourth-order valence-corrected chi connectivity index (χ4v) is 5.45. The summed E-state index contributed by atoms with van der Waals surface area (Å²) in [6, 6.07) is 16.0. The summed E-state index contributed by atoms with van der Waals surface area (Å²) in [7, 11) is 0. The third kappa shape index (κ3) is 4.27. The van der Waals surface area contributed by atoms with Crippen LogP contribution in [-0.4, -0.2) is 47.6 Å². The van der Waals surface area contributed by atoms with Crippen LogP contribution in [0.5, 0.6) is 0 Å². The Bertz CT molecular complexity index is 1160. The minimum atomic E-state index is -0.454. The number of aromatic nitrogens is 1. The second-order valence-electron chi connectivity index (χ2n) is 9.14. The van der Waals surface area contributed by atoms with Gasteiger partial charge in [-0.05, 0) is 42.0 Å². The van der Waals surface area contributed by atoms with Crippen LogP contribution >= 0.6 is 0 Å². The minimum Gasteiger partial charge on any atom is -0.378 e. The third-order valence-corrected chi connectivity index (χ3v) is 7.11. The highest BCUT2D eigenvalue weighted by Crippen LogP contribution is 2.44. The lowest BCUT2D eigenvalue weighted by molar-refractivity contribution is -0.135. The molecule has 0 radical (unpaired) electrons. The summed E-state index contributed by atoms with van der Waals surface area (Å²) >= 11 is 0. The Balaban J connectivity index is 1.71. The number of carbonyl (C=O) groups is 2. The van der Waals surface area contributed by atoms with E-state index < -0.39 is 5.91 Å². The lowest BCUT2D eigenvalue weighted by atomic mass is 9.82. The van der Waals surface area contributed by atoms with Crippen molar-refractivity contribution in [3.63, 3.8) is 0 Å². The summed E-state index contributed by atoms with van der Waals surface area (Å²) in [4.78, 5) is 27.2. The molecular formula is C27H31N3O3. The zero-order valence-electron chi connectivity index (χ0n) is 19.0. The molecule has 2 heterocycles. The molecule has 0 unspecified atom stereocenters. The smallest absolute Gasteiger partial charge is 0.248 e. The van der Waals surface area contributed by atoms with Gasteiger partial charge in [0.25, 0.3) is 0 Å². The summed E-state index contributed by atoms with van der Waals surface area (Å²) in [6.07, 6.45) is 6.01. The van der Waals surface area contributed by atoms with Crippen LogP contribution in [-0.2, 0) is 16.1 Å². The van der Waals surface area contributed by atoms with Crippen molar-refractivity contribution in [3.8, 4) is 11.3 Å². The van der Waals surface area contributed by atoms with Crippen LogP contribution in [0.25, 0.3) is 22.2 Å². The normalized spacial score (nSPS) is 17.4. The van der Waals surface area contributed by atoms with E-state index in [-0.39, 0.29) is 12.5 Å². The molecule has 1 aromatic heterocycles. The third-order valence-electron chi connectivity index (χ3n) is 7.11. The van der Waals surface area contributed by atoms with Gasteiger partial charge in [0.15, 0.2) is 0 Å². The highest BCUT2D eigenvalue weighted by molar-refractivity contribution is 6.00. The Morgan fingerprint density at radius 2 is 1.70 bits per heavy atom. The van der Waals surface area contributed by atoms with Gasteiger partial charge in [0.1, 0.15) is 6.54 Å². The molecule has 0 atom stereocenters. The average Bonchev–Trinajstić information content (AvgIpc) is 3.19. The van der Waals surface area contributed by atoms with Crippen molar-refractivity contribution >= 4 is 22.7 Å². The van der Waals surface area contributed by atoms with E-state index in [9.17, 15) is 9.59 Å². The van der Waals surface area contributed by atoms with Crippen molar-refractivity contribution in [3.05, 3.63) is 59.7 Å². The number of benzene rings is 2. The molecular weight excluding hydrogens is 414 g/mol. The van der Waals surface area contributed by atoms with E-state index in [1.165, 1.54) is 24.8 Å². The number of hydrogen-bond donors (Lipinski definition) is 1. The summed E-state index contributed by atoms with van der Waals surface area (Å²) in [5.41, 5.74) is 10.5. The predicted octanol–water partition coefficient (Wildman–Crippen LogP) is 4.31. The molecule has 0 bridgehead atoms. The molecule has 2 amide bonds. The van der Waals surface area contributed by atoms with Gasteiger partial charge in [0.05, 0.1) is 24.4 Å². The first-order valence-corrected chi connectivity index (χ1v) is 12.0. The molecule has 33 heavy (non-hydrogen) atoms. The molecule has 2 N–H and O–H groups in total. The molecule has 1 saturated carbocycles. The van der Waals surface area contributed by atoms with Gasteiger partial charge in [-0.1, -0.05) is 55.7 Å². The molecule has 1 aliphatic heterocycles. The fraction of sp³-hybridized carbons (Fsp3) is 0.407. The maximum atomic E-state index is 13.4. The molecule has 6 nitrogen and oxygen atoms in total. The first kappa shape index (κ1) is 21.7. The number of amides is 2. The molecule has 0 spiro atoms. The van der Waals surface area contributed by atoms with Crippen molar-refractivity contribution in [1.29, 1.82) is 0 Å². The van der Waals surface area contributed by atoms with Crippen LogP contribution < -0.4 is 5.73 Å². The number of ether oxygens (including phenoxy) is 1. The first-order chi connectivity index (χ1) is 16.1. The predicted molar refractivity (Wildman–Crippen MR) is 129 cm³/mol. The fourth-order valence-electron chi connectivity index (χ4n) is 5.45. The first-order valence-electron chi connectivity index (χ1n) is 12.0. The van der Waals surface area contributed by atoms with E-state index >= 15 is 0 Å². The molecule has 3 aromatic rings. The van der Waals surface area contributed by atoms with Crippen LogP contribution in [0, 0.1) is 0 Å². The van der Waals surface area contributed by atoms with Crippen LogP contribution in [0.2, 0.25) is 0 Å². The average molecular weight is 446 g/mol. The quantitative estimate of drug-likeness (QED) is 0.636. The van der Waals surface area contributed by atoms with E-state index in [2.05, 4.69) is 16.7 Å². The highest BCUT2D eigenvalue weighted by Gasteiger charge is 2.28. The molecule has 1 saturated heterocycles. The van der Waals surface area contributed by atoms with E-state index in [4.69, 9.17) is 10.5 Å². The van der Waals surface area contributed by atoms with Crippen LogP contribution in [0.4, 0.5) is 0 Å². The topological polar surface area (TPSA) is 77.6 Å². The molecule has 2 aliphatic rings. The molecule has 6 heteroatoms. The van der Waals surface area contributed by atoms with Gasteiger partial charge in [-0.3, -0.25) is 9.59 Å². The van der Waals surface area contributed by atoms with E-state index in [1.54, 1.807) is 0 Å². The monoisotopic (exact) mass is 445 g/mol. The van der Waals surface area contributed by atoms with Crippen molar-refractivity contribution in [1.82, 2.24) is 9.47 Å². The summed E-state index contributed by atoms with van der Waals surface area (Å²) in [6.45, 7) is 2.60. The molecule has 2 aromatic carbocycles. The van der Waals surface area contributed by atoms with Gasteiger partial charge in [-0.2, -0.15) is 0 Å². The second kappa shape index (κ2) is 9.40. The number of morpholine rings is 1. The Morgan fingerprint density at radius 3 is 2.39 bits per heavy atom. The Labute approximate surface area is 194 Å². The Kier molecular flexibility index (Phi) is 6.18. The number of carbonyl (C=O) groups excluding carboxylic acids is 2. The maximum Gasteiger partial charge on any atom is 0.248 e. The molecule has 1 aliphatic carbocycles. The Morgan fingerprint density at radius 1 is 0.970 bits per heavy atom. The Hall–Kier alpha value is -3.12. The molecule has 5 rings (SSSR count). The van der Waals surface area contributed by atoms with Crippen molar-refractivity contribution < 1.29 is 14.3 Å². The standard InChI is InChI=1S/C27H31N3O3/c28-27(32)21-11-12-22-23(17-21)30(18-24(31)29-13-15-33-16-14-29)26(20-9-5-2-6-10-20)25(22)19-7-3-1-4-8-19/h2,5-6,9-12,17,19H,1,3-4,7-8,13-16,18H2,(H2,28,32). The zero-order valence-corrected chi connectivity index (χ0v) is 19.0. The summed E-state index contributed by atoms with van der Waals surface area (Å²) in [5, 5.41) is 1.13. The number of nitrogens with two attached hydrogens (primary N) is 1. The number of fused-ring (bicyclic) bond motifs is 1. The van der Waals surface area contributed by atoms with Gasteiger partial charge >= 0.3 is 0 Å². The molecule has 172 valence electrons. The summed E-state index contributed by atoms with van der Waals surface area (Å²) < 4.78 is 7.56. The van der Waals surface area contributed by atoms with Crippen LogP contribution in [0.15, 0.2) is 48.5 Å². The van der Waals surface area contributed by atoms with Gasteiger partial charge in [-0.25, -0.2) is 0 Å². The summed E-state index contributed by atoms with van der Waals surface area (Å²) in [5.74, 6) is 0.0623. The second-order valence-corrected chi connectivity index (χ2v) is 9.14. The zero-order chi connectivity index (χ0) is 22.8. The number of rotatable bonds is 5. The lowest BCUT2D eigenvalue weighted by Crippen LogP contribution is -2.42. The van der Waals surface area contributed by atoms with Gasteiger partial charge in [0.2, 0.25) is 11.8 Å². The van der Waals surface area contributed by atoms with Crippen molar-refractivity contribution in [2.24, 2.45) is 5.73 Å². The van der Waals surface area contributed by atoms with Gasteiger partial charge < -0.3 is 19.9 Å². The van der Waals surface area contributed by atoms with E-state index in [0.29, 0.717) is 37.8 Å². The number of primary amides is 1. The molecule has 2 fully saturated rings. The largest absolute Gasteiger partial charge is 0.378 e. The van der Waals surface area contributed by atoms with Gasteiger partial charge in [0, 0.05) is 24.0 Å². The van der Waals surface area contributed by atoms with E-state index in [1.807, 2.05) is 41.3 Å². The maximum absolute atomic E-state index is 13.4.